The zero-order valence-corrected chi connectivity index (χ0v) is 10.1. The Hall–Kier alpha value is -0.980. The van der Waals surface area contributed by atoms with Gasteiger partial charge in [0.25, 0.3) is 0 Å². The van der Waals surface area contributed by atoms with Crippen molar-refractivity contribution >= 4 is 14.8 Å². The Morgan fingerprint density at radius 1 is 1.40 bits per heavy atom. The first kappa shape index (κ1) is 14.0. The lowest BCUT2D eigenvalue weighted by Crippen LogP contribution is -1.93. The second-order valence-electron chi connectivity index (χ2n) is 2.98. The fourth-order valence-electron chi connectivity index (χ4n) is 1.61. The highest BCUT2D eigenvalue weighted by Gasteiger charge is 2.01. The minimum absolute atomic E-state index is 0.833. The van der Waals surface area contributed by atoms with Gasteiger partial charge in [-0.05, 0) is 29.5 Å². The molecule has 0 saturated heterocycles. The molecule has 82 valence electrons. The van der Waals surface area contributed by atoms with Crippen LogP contribution in [0.15, 0.2) is 24.8 Å². The molecule has 1 aromatic rings. The predicted molar refractivity (Wildman–Crippen MR) is 65.1 cm³/mol. The summed E-state index contributed by atoms with van der Waals surface area (Å²) in [6.45, 7) is 8.21. The van der Waals surface area contributed by atoms with Crippen LogP contribution in [0, 0.1) is 0 Å². The van der Waals surface area contributed by atoms with Crippen LogP contribution < -0.4 is 0 Å². The number of hydrogen-bond donors (Lipinski definition) is 1. The zero-order chi connectivity index (χ0) is 11.7. The van der Waals surface area contributed by atoms with Gasteiger partial charge in [0.1, 0.15) is 0 Å². The van der Waals surface area contributed by atoms with Crippen LogP contribution in [-0.4, -0.2) is 4.89 Å². The molecule has 1 N–H and O–H groups in total. The Morgan fingerprint density at radius 2 is 2.00 bits per heavy atom. The van der Waals surface area contributed by atoms with Gasteiger partial charge in [0.15, 0.2) is 0 Å². The van der Waals surface area contributed by atoms with E-state index in [-0.39, 0.29) is 0 Å². The first-order valence-electron chi connectivity index (χ1n) is 4.94. The molecule has 15 heavy (non-hydrogen) atoms. The lowest BCUT2D eigenvalue weighted by molar-refractivity contribution is 0.524. The molecule has 0 atom stereocenters. The molecule has 0 unspecified atom stereocenters. The van der Waals surface area contributed by atoms with E-state index in [1.807, 2.05) is 6.08 Å². The summed E-state index contributed by atoms with van der Waals surface area (Å²) in [7, 11) is -0.833. The van der Waals surface area contributed by atoms with Crippen molar-refractivity contribution in [3.8, 4) is 0 Å². The SMILES string of the molecule is C=Cc1cccc(CC)c1CC.O=PO. The number of aryl methyl sites for hydroxylation is 1. The molecule has 2 nitrogen and oxygen atoms in total. The third-order valence-corrected chi connectivity index (χ3v) is 2.26. The molecule has 1 rings (SSSR count). The molecule has 0 spiro atoms. The maximum atomic E-state index is 8.46. The van der Waals surface area contributed by atoms with Crippen molar-refractivity contribution in [2.24, 2.45) is 0 Å². The average Bonchev–Trinajstić information content (AvgIpc) is 2.28. The van der Waals surface area contributed by atoms with Crippen molar-refractivity contribution in [2.75, 3.05) is 0 Å². The predicted octanol–water partition coefficient (Wildman–Crippen LogP) is 3.64. The van der Waals surface area contributed by atoms with Crippen LogP contribution in [0.3, 0.4) is 0 Å². The molecular weight excluding hydrogens is 207 g/mol. The molecule has 3 heteroatoms. The maximum absolute atomic E-state index is 8.46. The molecule has 0 bridgehead atoms. The quantitative estimate of drug-likeness (QED) is 0.796. The van der Waals surface area contributed by atoms with E-state index in [0.29, 0.717) is 0 Å². The van der Waals surface area contributed by atoms with Gasteiger partial charge < -0.3 is 4.89 Å². The van der Waals surface area contributed by atoms with Crippen LogP contribution in [0.25, 0.3) is 6.08 Å². The maximum Gasteiger partial charge on any atom is 0.324 e. The Labute approximate surface area is 92.9 Å². The second kappa shape index (κ2) is 8.34. The highest BCUT2D eigenvalue weighted by Crippen LogP contribution is 2.17. The van der Waals surface area contributed by atoms with Crippen molar-refractivity contribution in [3.63, 3.8) is 0 Å². The van der Waals surface area contributed by atoms with Crippen LogP contribution in [0.4, 0.5) is 0 Å². The van der Waals surface area contributed by atoms with Gasteiger partial charge in [-0.15, -0.1) is 0 Å². The summed E-state index contributed by atoms with van der Waals surface area (Å²) in [5, 5.41) is 0. The topological polar surface area (TPSA) is 37.3 Å². The van der Waals surface area contributed by atoms with Crippen molar-refractivity contribution < 1.29 is 9.46 Å². The smallest absolute Gasteiger partial charge is 0.310 e. The first-order chi connectivity index (χ1) is 7.24. The van der Waals surface area contributed by atoms with Crippen molar-refractivity contribution in [1.82, 2.24) is 0 Å². The van der Waals surface area contributed by atoms with Gasteiger partial charge in [0.2, 0.25) is 0 Å². The Morgan fingerprint density at radius 3 is 2.40 bits per heavy atom. The van der Waals surface area contributed by atoms with E-state index >= 15 is 0 Å². The van der Waals surface area contributed by atoms with Gasteiger partial charge in [-0.25, -0.2) is 4.57 Å². The van der Waals surface area contributed by atoms with Gasteiger partial charge in [0, 0.05) is 0 Å². The number of rotatable bonds is 3. The molecule has 0 radical (unpaired) electrons. The Kier molecular flexibility index (Phi) is 7.79. The van der Waals surface area contributed by atoms with Crippen molar-refractivity contribution in [2.45, 2.75) is 26.7 Å². The van der Waals surface area contributed by atoms with Gasteiger partial charge >= 0.3 is 8.69 Å². The summed E-state index contributed by atoms with van der Waals surface area (Å²) >= 11 is 0. The number of benzene rings is 1. The fourth-order valence-corrected chi connectivity index (χ4v) is 1.61. The summed E-state index contributed by atoms with van der Waals surface area (Å²) < 4.78 is 8.46. The van der Waals surface area contributed by atoms with Gasteiger partial charge in [0.05, 0.1) is 0 Å². The van der Waals surface area contributed by atoms with E-state index in [0.717, 1.165) is 12.8 Å². The molecule has 0 aliphatic carbocycles. The standard InChI is InChI=1S/C12H16.HO2P/c1-4-10-8-7-9-11(5-2)12(10)6-3;1-3-2/h4,7-9H,1,5-6H2,2-3H3;(H,1,2). The summed E-state index contributed by atoms with van der Waals surface area (Å²) in [5.74, 6) is 0. The van der Waals surface area contributed by atoms with E-state index in [2.05, 4.69) is 38.6 Å². The first-order valence-corrected chi connectivity index (χ1v) is 5.71. The summed E-state index contributed by atoms with van der Waals surface area (Å²) in [5.41, 5.74) is 4.20. The molecular formula is C12H17O2P. The molecule has 0 heterocycles. The second-order valence-corrected chi connectivity index (χ2v) is 3.14. The third-order valence-electron chi connectivity index (χ3n) is 2.26. The van der Waals surface area contributed by atoms with E-state index < -0.39 is 8.69 Å². The van der Waals surface area contributed by atoms with Gasteiger partial charge in [-0.3, -0.25) is 0 Å². The highest BCUT2D eigenvalue weighted by atomic mass is 31.1. The fraction of sp³-hybridized carbons (Fsp3) is 0.333. The number of hydrogen-bond acceptors (Lipinski definition) is 1. The van der Waals surface area contributed by atoms with Crippen LogP contribution in [0.5, 0.6) is 0 Å². The molecule has 0 saturated carbocycles. The molecule has 1 aromatic carbocycles. The van der Waals surface area contributed by atoms with Crippen LogP contribution in [0.1, 0.15) is 30.5 Å². The highest BCUT2D eigenvalue weighted by molar-refractivity contribution is 7.16. The minimum atomic E-state index is -0.833. The molecule has 0 aromatic heterocycles. The lowest BCUT2D eigenvalue weighted by Gasteiger charge is -2.08. The van der Waals surface area contributed by atoms with Crippen LogP contribution in [-0.2, 0) is 17.4 Å². The van der Waals surface area contributed by atoms with Crippen LogP contribution in [0.2, 0.25) is 0 Å². The van der Waals surface area contributed by atoms with E-state index in [1.54, 1.807) is 0 Å². The summed E-state index contributed by atoms with van der Waals surface area (Å²) in [6, 6.07) is 6.44. The molecule has 0 aliphatic heterocycles. The third kappa shape index (κ3) is 4.37. The minimum Gasteiger partial charge on any atom is -0.310 e. The summed E-state index contributed by atoms with van der Waals surface area (Å²) in [6.07, 6.45) is 4.16. The Balaban J connectivity index is 0.000000583. The average molecular weight is 224 g/mol. The normalized spacial score (nSPS) is 9.27. The van der Waals surface area contributed by atoms with E-state index in [9.17, 15) is 0 Å². The monoisotopic (exact) mass is 224 g/mol. The molecule has 0 amide bonds. The largest absolute Gasteiger partial charge is 0.324 e. The van der Waals surface area contributed by atoms with Crippen molar-refractivity contribution in [1.29, 1.82) is 0 Å². The lowest BCUT2D eigenvalue weighted by atomic mass is 9.97. The zero-order valence-electron chi connectivity index (χ0n) is 9.23. The van der Waals surface area contributed by atoms with Crippen molar-refractivity contribution in [3.05, 3.63) is 41.5 Å². The molecule has 0 fully saturated rings. The Bertz CT molecular complexity index is 321. The summed E-state index contributed by atoms with van der Waals surface area (Å²) in [4.78, 5) is 6.99. The van der Waals surface area contributed by atoms with Gasteiger partial charge in [-0.2, -0.15) is 0 Å². The molecule has 0 aliphatic rings. The van der Waals surface area contributed by atoms with Crippen LogP contribution >= 0.6 is 8.69 Å². The van der Waals surface area contributed by atoms with E-state index in [1.165, 1.54) is 16.7 Å². The van der Waals surface area contributed by atoms with E-state index in [4.69, 9.17) is 9.46 Å². The van der Waals surface area contributed by atoms with Gasteiger partial charge in [-0.1, -0.05) is 44.7 Å².